The van der Waals surface area contributed by atoms with E-state index in [1.54, 1.807) is 0 Å². The molecule has 0 amide bonds. The lowest BCUT2D eigenvalue weighted by Gasteiger charge is -2.26. The largest absolute Gasteiger partial charge is 0.545 e. The highest BCUT2D eigenvalue weighted by atomic mass is 16.7. The molecule has 0 aliphatic heterocycles. The van der Waals surface area contributed by atoms with Crippen molar-refractivity contribution in [3.05, 3.63) is 0 Å². The fourth-order valence-electron chi connectivity index (χ4n) is 14.3. The van der Waals surface area contributed by atoms with Crippen molar-refractivity contribution >= 4 is 17.9 Å². The maximum Gasteiger partial charge on any atom is 0.306 e. The molecule has 0 spiro atoms. The van der Waals surface area contributed by atoms with Gasteiger partial charge in [0.05, 0.1) is 40.3 Å². The average Bonchev–Trinajstić information content (AvgIpc) is 1.34. The van der Waals surface area contributed by atoms with E-state index in [1.807, 2.05) is 21.1 Å². The van der Waals surface area contributed by atoms with Gasteiger partial charge in [-0.25, -0.2) is 0 Å². The molecular formula is C89H175NO8. The van der Waals surface area contributed by atoms with Gasteiger partial charge in [-0.15, -0.1) is 0 Å². The number of nitrogens with zero attached hydrogens (tertiary/aromatic N) is 1. The molecule has 0 aromatic rings. The number of carboxylic acid groups (broad SMARTS) is 1. The molecule has 0 fully saturated rings. The second-order valence-electron chi connectivity index (χ2n) is 32.3. The third-order valence-electron chi connectivity index (χ3n) is 21.1. The topological polar surface area (TPSA) is 111 Å². The molecule has 0 saturated heterocycles. The third-order valence-corrected chi connectivity index (χ3v) is 21.1. The monoisotopic (exact) mass is 1390 g/mol. The van der Waals surface area contributed by atoms with Gasteiger partial charge in [0, 0.05) is 12.8 Å². The summed E-state index contributed by atoms with van der Waals surface area (Å²) in [6, 6.07) is 0. The van der Waals surface area contributed by atoms with Crippen LogP contribution in [-0.2, 0) is 33.3 Å². The van der Waals surface area contributed by atoms with E-state index in [1.165, 1.54) is 430 Å². The van der Waals surface area contributed by atoms with Gasteiger partial charge in [0.1, 0.15) is 13.2 Å². The van der Waals surface area contributed by atoms with Crippen molar-refractivity contribution in [2.45, 2.75) is 508 Å². The number of quaternary nitrogens is 1. The zero-order chi connectivity index (χ0) is 71.1. The second kappa shape index (κ2) is 81.0. The molecule has 0 heterocycles. The fourth-order valence-corrected chi connectivity index (χ4v) is 14.3. The van der Waals surface area contributed by atoms with E-state index >= 15 is 0 Å². The first-order valence-electron chi connectivity index (χ1n) is 44.7. The first-order valence-corrected chi connectivity index (χ1v) is 44.7. The lowest BCUT2D eigenvalue weighted by Crippen LogP contribution is -2.44. The minimum Gasteiger partial charge on any atom is -0.545 e. The highest BCUT2D eigenvalue weighted by Gasteiger charge is 2.22. The zero-order valence-electron chi connectivity index (χ0n) is 67.2. The number of ether oxygens (including phenoxy) is 4. The molecule has 0 saturated carbocycles. The Hall–Kier alpha value is -1.71. The van der Waals surface area contributed by atoms with E-state index in [9.17, 15) is 19.5 Å². The standard InChI is InChI=1S/C89H175NO8/c1-6-8-10-12-14-16-18-20-22-24-26-28-30-32-34-36-38-40-42-43-44-46-48-50-52-54-56-58-60-62-64-66-68-70-72-74-76-78-80-87(92)98-85(84-97-89(88(93)94)95-82-81-90(3,4)5)83-96-86(91)79-77-75-73-71-69-67-65-63-61-59-57-55-53-51-49-47-45-41-39-37-35-33-31-29-27-25-23-21-19-17-15-13-11-9-7-2/h85,89H,6-84H2,1-5H3. The molecular weight excluding hydrogens is 1210 g/mol. The van der Waals surface area contributed by atoms with E-state index in [0.717, 1.165) is 38.5 Å². The van der Waals surface area contributed by atoms with Gasteiger partial charge < -0.3 is 33.3 Å². The Bertz CT molecular complexity index is 1570. The van der Waals surface area contributed by atoms with Crippen molar-refractivity contribution in [1.82, 2.24) is 0 Å². The first kappa shape index (κ1) is 96.3. The number of carbonyl (C=O) groups excluding carboxylic acids is 3. The smallest absolute Gasteiger partial charge is 0.306 e. The Labute approximate surface area is 613 Å². The Kier molecular flexibility index (Phi) is 79.6. The Morgan fingerprint density at radius 2 is 0.459 bits per heavy atom. The van der Waals surface area contributed by atoms with Crippen molar-refractivity contribution in [3.63, 3.8) is 0 Å². The van der Waals surface area contributed by atoms with Crippen molar-refractivity contribution in [3.8, 4) is 0 Å². The summed E-state index contributed by atoms with van der Waals surface area (Å²) in [6.45, 7) is 4.87. The number of esters is 2. The Morgan fingerprint density at radius 3 is 0.653 bits per heavy atom. The number of hydrogen-bond acceptors (Lipinski definition) is 8. The molecule has 0 rings (SSSR count). The van der Waals surface area contributed by atoms with Crippen LogP contribution in [0.3, 0.4) is 0 Å². The summed E-state index contributed by atoms with van der Waals surface area (Å²) in [5, 5.41) is 11.9. The number of unbranched alkanes of at least 4 members (excludes halogenated alkanes) is 71. The minimum atomic E-state index is -1.62. The summed E-state index contributed by atoms with van der Waals surface area (Å²) in [7, 11) is 5.96. The number of hydrogen-bond donors (Lipinski definition) is 0. The Balaban J connectivity index is 3.88. The van der Waals surface area contributed by atoms with Crippen LogP contribution >= 0.6 is 0 Å². The van der Waals surface area contributed by atoms with Gasteiger partial charge in [-0.3, -0.25) is 9.59 Å². The molecule has 0 aliphatic carbocycles. The van der Waals surface area contributed by atoms with Gasteiger partial charge >= 0.3 is 11.9 Å². The molecule has 2 atom stereocenters. The molecule has 0 radical (unpaired) electrons. The second-order valence-corrected chi connectivity index (χ2v) is 32.3. The average molecular weight is 1390 g/mol. The highest BCUT2D eigenvalue weighted by Crippen LogP contribution is 2.22. The molecule has 98 heavy (non-hydrogen) atoms. The summed E-state index contributed by atoms with van der Waals surface area (Å²) >= 11 is 0. The van der Waals surface area contributed by atoms with Crippen molar-refractivity contribution in [2.75, 3.05) is 47.5 Å². The predicted molar refractivity (Wildman–Crippen MR) is 422 cm³/mol. The maximum atomic E-state index is 13.0. The number of carbonyl (C=O) groups is 3. The molecule has 0 aromatic carbocycles. The van der Waals surface area contributed by atoms with Crippen molar-refractivity contribution in [2.24, 2.45) is 0 Å². The van der Waals surface area contributed by atoms with Gasteiger partial charge in [0.25, 0.3) is 0 Å². The zero-order valence-corrected chi connectivity index (χ0v) is 67.2. The minimum absolute atomic E-state index is 0.154. The van der Waals surface area contributed by atoms with Gasteiger partial charge in [0.2, 0.25) is 0 Å². The number of likely N-dealkylation sites (N-methyl/N-ethyl adjacent to an activating group) is 1. The van der Waals surface area contributed by atoms with Crippen LogP contribution in [0.15, 0.2) is 0 Å². The number of carboxylic acids is 1. The molecule has 0 N–H and O–H groups in total. The summed E-state index contributed by atoms with van der Waals surface area (Å²) in [5.41, 5.74) is 0. The molecule has 2 unspecified atom stereocenters. The predicted octanol–water partition coefficient (Wildman–Crippen LogP) is 27.6. The van der Waals surface area contributed by atoms with E-state index in [4.69, 9.17) is 18.9 Å². The van der Waals surface area contributed by atoms with Crippen LogP contribution in [0.25, 0.3) is 0 Å². The Morgan fingerprint density at radius 1 is 0.265 bits per heavy atom. The van der Waals surface area contributed by atoms with E-state index < -0.39 is 24.3 Å². The first-order chi connectivity index (χ1) is 48.1. The van der Waals surface area contributed by atoms with Crippen LogP contribution in [-0.4, -0.2) is 82.3 Å². The summed E-state index contributed by atoms with van der Waals surface area (Å²) in [5.74, 6) is -2.24. The molecule has 584 valence electrons. The van der Waals surface area contributed by atoms with E-state index in [-0.39, 0.29) is 32.2 Å². The van der Waals surface area contributed by atoms with Gasteiger partial charge in [0.15, 0.2) is 12.4 Å². The number of rotatable bonds is 86. The van der Waals surface area contributed by atoms with Gasteiger partial charge in [-0.05, 0) is 12.8 Å². The summed E-state index contributed by atoms with van der Waals surface area (Å²) in [6.07, 6.45) is 98.6. The molecule has 0 aromatic heterocycles. The van der Waals surface area contributed by atoms with Crippen LogP contribution < -0.4 is 5.11 Å². The van der Waals surface area contributed by atoms with Crippen LogP contribution in [0.5, 0.6) is 0 Å². The van der Waals surface area contributed by atoms with Gasteiger partial charge in [-0.2, -0.15) is 0 Å². The lowest BCUT2D eigenvalue weighted by molar-refractivity contribution is -0.870. The van der Waals surface area contributed by atoms with E-state index in [2.05, 4.69) is 13.8 Å². The highest BCUT2D eigenvalue weighted by molar-refractivity contribution is 5.70. The molecule has 0 bridgehead atoms. The molecule has 9 heteroatoms. The van der Waals surface area contributed by atoms with Crippen LogP contribution in [0.1, 0.15) is 495 Å². The third kappa shape index (κ3) is 81.6. The van der Waals surface area contributed by atoms with Gasteiger partial charge in [-0.1, -0.05) is 470 Å². The maximum absolute atomic E-state index is 13.0. The van der Waals surface area contributed by atoms with E-state index in [0.29, 0.717) is 17.4 Å². The number of aliphatic carboxylic acids is 1. The quantitative estimate of drug-likeness (QED) is 0.0256. The van der Waals surface area contributed by atoms with Crippen molar-refractivity contribution < 1.29 is 42.9 Å². The van der Waals surface area contributed by atoms with Crippen LogP contribution in [0, 0.1) is 0 Å². The van der Waals surface area contributed by atoms with Crippen molar-refractivity contribution in [1.29, 1.82) is 0 Å². The summed E-state index contributed by atoms with van der Waals surface area (Å²) in [4.78, 5) is 37.7. The molecule has 9 nitrogen and oxygen atoms in total. The molecule has 0 aliphatic rings. The normalized spacial score (nSPS) is 12.5. The summed E-state index contributed by atoms with van der Waals surface area (Å²) < 4.78 is 22.9. The lowest BCUT2D eigenvalue weighted by atomic mass is 10.0. The fraction of sp³-hybridized carbons (Fsp3) is 0.966. The van der Waals surface area contributed by atoms with Crippen LogP contribution in [0.4, 0.5) is 0 Å². The SMILES string of the molecule is CCCCCCCCCCCCCCCCCCCCCCCCCCCCCCCCCCCCCCCCC(=O)OC(COC(=O)CCCCCCCCCCCCCCCCCCCCCCCCCCCCCCCCCCCCC)COC(OCC[N+](C)(C)C)C(=O)[O-]. The van der Waals surface area contributed by atoms with Crippen LogP contribution in [0.2, 0.25) is 0 Å².